The van der Waals surface area contributed by atoms with Crippen LogP contribution < -0.4 is 5.32 Å². The predicted octanol–water partition coefficient (Wildman–Crippen LogP) is 1.49. The summed E-state index contributed by atoms with van der Waals surface area (Å²) in [7, 11) is 2.07. The lowest BCUT2D eigenvalue weighted by Gasteiger charge is -2.26. The van der Waals surface area contributed by atoms with Gasteiger partial charge in [0, 0.05) is 32.3 Å². The normalized spacial score (nSPS) is 26.2. The van der Waals surface area contributed by atoms with E-state index >= 15 is 0 Å². The summed E-state index contributed by atoms with van der Waals surface area (Å²) in [5.74, 6) is 0. The average molecular weight is 214 g/mol. The standard InChI is InChI=1S/C12H26N2O/c1-4-6-12(13-3)10-14-7-5-8-15-11(2)9-14/h11-13H,4-10H2,1-3H3. The number of nitrogens with zero attached hydrogens (tertiary/aromatic N) is 1. The Morgan fingerprint density at radius 1 is 1.53 bits per heavy atom. The van der Waals surface area contributed by atoms with Gasteiger partial charge in [-0.3, -0.25) is 4.90 Å². The Bertz CT molecular complexity index is 164. The highest BCUT2D eigenvalue weighted by Gasteiger charge is 2.17. The minimum absolute atomic E-state index is 0.395. The second kappa shape index (κ2) is 7.20. The number of rotatable bonds is 5. The molecule has 15 heavy (non-hydrogen) atoms. The molecule has 0 bridgehead atoms. The molecular formula is C12H26N2O. The van der Waals surface area contributed by atoms with Crippen molar-refractivity contribution in [3.8, 4) is 0 Å². The molecule has 1 saturated heterocycles. The van der Waals surface area contributed by atoms with Gasteiger partial charge in [0.15, 0.2) is 0 Å². The fourth-order valence-corrected chi connectivity index (χ4v) is 2.23. The summed E-state index contributed by atoms with van der Waals surface area (Å²) in [4.78, 5) is 2.54. The van der Waals surface area contributed by atoms with Gasteiger partial charge in [-0.15, -0.1) is 0 Å². The first kappa shape index (κ1) is 12.9. The first-order valence-electron chi connectivity index (χ1n) is 6.27. The lowest BCUT2D eigenvalue weighted by molar-refractivity contribution is 0.0664. The monoisotopic (exact) mass is 214 g/mol. The van der Waals surface area contributed by atoms with Gasteiger partial charge in [-0.05, 0) is 26.8 Å². The first-order valence-corrected chi connectivity index (χ1v) is 6.27. The van der Waals surface area contributed by atoms with Crippen molar-refractivity contribution >= 4 is 0 Å². The van der Waals surface area contributed by atoms with Gasteiger partial charge in [-0.1, -0.05) is 13.3 Å². The molecule has 1 aliphatic heterocycles. The van der Waals surface area contributed by atoms with Crippen molar-refractivity contribution in [2.75, 3.05) is 33.3 Å². The number of hydrogen-bond donors (Lipinski definition) is 1. The number of likely N-dealkylation sites (N-methyl/N-ethyl adjacent to an activating group) is 1. The van der Waals surface area contributed by atoms with E-state index in [0.717, 1.165) is 19.7 Å². The van der Waals surface area contributed by atoms with Crippen LogP contribution in [0.2, 0.25) is 0 Å². The average Bonchev–Trinajstić information content (AvgIpc) is 2.42. The minimum atomic E-state index is 0.395. The van der Waals surface area contributed by atoms with Gasteiger partial charge in [-0.2, -0.15) is 0 Å². The zero-order chi connectivity index (χ0) is 11.1. The molecule has 1 fully saturated rings. The molecule has 2 atom stereocenters. The van der Waals surface area contributed by atoms with Crippen LogP contribution in [0, 0.1) is 0 Å². The van der Waals surface area contributed by atoms with Crippen LogP contribution in [0.25, 0.3) is 0 Å². The third-order valence-corrected chi connectivity index (χ3v) is 3.06. The molecule has 0 aliphatic carbocycles. The Morgan fingerprint density at radius 2 is 2.33 bits per heavy atom. The molecule has 0 amide bonds. The zero-order valence-corrected chi connectivity index (χ0v) is 10.5. The first-order chi connectivity index (χ1) is 7.26. The van der Waals surface area contributed by atoms with Crippen LogP contribution in [0.3, 0.4) is 0 Å². The number of hydrogen-bond acceptors (Lipinski definition) is 3. The quantitative estimate of drug-likeness (QED) is 0.750. The van der Waals surface area contributed by atoms with E-state index < -0.39 is 0 Å². The smallest absolute Gasteiger partial charge is 0.0673 e. The molecule has 0 spiro atoms. The van der Waals surface area contributed by atoms with Crippen molar-refractivity contribution in [2.24, 2.45) is 0 Å². The Balaban J connectivity index is 2.33. The SMILES string of the molecule is CCCC(CN1CCCOC(C)C1)NC. The summed E-state index contributed by atoms with van der Waals surface area (Å²) in [6.45, 7) is 8.78. The second-order valence-corrected chi connectivity index (χ2v) is 4.57. The Kier molecular flexibility index (Phi) is 6.22. The minimum Gasteiger partial charge on any atom is -0.377 e. The Morgan fingerprint density at radius 3 is 3.00 bits per heavy atom. The maximum absolute atomic E-state index is 5.65. The highest BCUT2D eigenvalue weighted by molar-refractivity contribution is 4.73. The van der Waals surface area contributed by atoms with E-state index in [1.807, 2.05) is 0 Å². The van der Waals surface area contributed by atoms with Crippen molar-refractivity contribution in [1.82, 2.24) is 10.2 Å². The summed E-state index contributed by atoms with van der Waals surface area (Å²) in [6.07, 6.45) is 4.09. The molecule has 1 N–H and O–H groups in total. The Labute approximate surface area is 94.2 Å². The van der Waals surface area contributed by atoms with Gasteiger partial charge >= 0.3 is 0 Å². The van der Waals surface area contributed by atoms with Crippen molar-refractivity contribution in [3.05, 3.63) is 0 Å². The van der Waals surface area contributed by atoms with Gasteiger partial charge < -0.3 is 10.1 Å². The van der Waals surface area contributed by atoms with Crippen LogP contribution in [0.5, 0.6) is 0 Å². The van der Waals surface area contributed by atoms with Crippen LogP contribution in [-0.2, 0) is 4.74 Å². The van der Waals surface area contributed by atoms with E-state index in [2.05, 4.69) is 31.1 Å². The van der Waals surface area contributed by atoms with Crippen LogP contribution in [-0.4, -0.2) is 50.3 Å². The van der Waals surface area contributed by atoms with E-state index in [1.54, 1.807) is 0 Å². The molecule has 1 aliphatic rings. The molecule has 0 aromatic rings. The van der Waals surface area contributed by atoms with Crippen LogP contribution in [0.15, 0.2) is 0 Å². The van der Waals surface area contributed by atoms with Gasteiger partial charge in [0.05, 0.1) is 6.10 Å². The summed E-state index contributed by atoms with van der Waals surface area (Å²) in [5, 5.41) is 3.40. The van der Waals surface area contributed by atoms with Gasteiger partial charge in [0.1, 0.15) is 0 Å². The number of nitrogens with one attached hydrogen (secondary N) is 1. The van der Waals surface area contributed by atoms with E-state index in [0.29, 0.717) is 12.1 Å². The highest BCUT2D eigenvalue weighted by Crippen LogP contribution is 2.07. The zero-order valence-electron chi connectivity index (χ0n) is 10.5. The number of ether oxygens (including phenoxy) is 1. The molecule has 3 nitrogen and oxygen atoms in total. The molecule has 0 aromatic heterocycles. The van der Waals surface area contributed by atoms with Crippen molar-refractivity contribution in [1.29, 1.82) is 0 Å². The van der Waals surface area contributed by atoms with Gasteiger partial charge in [0.2, 0.25) is 0 Å². The maximum Gasteiger partial charge on any atom is 0.0673 e. The Hall–Kier alpha value is -0.120. The largest absolute Gasteiger partial charge is 0.377 e. The lowest BCUT2D eigenvalue weighted by Crippen LogP contribution is -2.41. The van der Waals surface area contributed by atoms with E-state index in [9.17, 15) is 0 Å². The van der Waals surface area contributed by atoms with Gasteiger partial charge in [-0.25, -0.2) is 0 Å². The van der Waals surface area contributed by atoms with Crippen molar-refractivity contribution in [2.45, 2.75) is 45.3 Å². The van der Waals surface area contributed by atoms with E-state index in [-0.39, 0.29) is 0 Å². The van der Waals surface area contributed by atoms with Crippen LogP contribution in [0.4, 0.5) is 0 Å². The lowest BCUT2D eigenvalue weighted by atomic mass is 10.1. The van der Waals surface area contributed by atoms with Gasteiger partial charge in [0.25, 0.3) is 0 Å². The molecule has 1 rings (SSSR count). The van der Waals surface area contributed by atoms with E-state index in [4.69, 9.17) is 4.74 Å². The van der Waals surface area contributed by atoms with Crippen LogP contribution in [0.1, 0.15) is 33.1 Å². The molecule has 2 unspecified atom stereocenters. The fraction of sp³-hybridized carbons (Fsp3) is 1.00. The molecule has 1 heterocycles. The molecular weight excluding hydrogens is 188 g/mol. The van der Waals surface area contributed by atoms with Crippen LogP contribution >= 0.6 is 0 Å². The highest BCUT2D eigenvalue weighted by atomic mass is 16.5. The molecule has 0 saturated carbocycles. The summed E-state index contributed by atoms with van der Waals surface area (Å²) in [5.41, 5.74) is 0. The van der Waals surface area contributed by atoms with Crippen molar-refractivity contribution in [3.63, 3.8) is 0 Å². The summed E-state index contributed by atoms with van der Waals surface area (Å²) in [6, 6.07) is 0.639. The fourth-order valence-electron chi connectivity index (χ4n) is 2.23. The predicted molar refractivity (Wildman–Crippen MR) is 64.2 cm³/mol. The molecule has 0 radical (unpaired) electrons. The maximum atomic E-state index is 5.65. The molecule has 3 heteroatoms. The summed E-state index contributed by atoms with van der Waals surface area (Å²) < 4.78 is 5.65. The topological polar surface area (TPSA) is 24.5 Å². The summed E-state index contributed by atoms with van der Waals surface area (Å²) >= 11 is 0. The van der Waals surface area contributed by atoms with Crippen molar-refractivity contribution < 1.29 is 4.74 Å². The molecule has 90 valence electrons. The van der Waals surface area contributed by atoms with E-state index in [1.165, 1.54) is 25.8 Å². The third-order valence-electron chi connectivity index (χ3n) is 3.06. The molecule has 0 aromatic carbocycles. The second-order valence-electron chi connectivity index (χ2n) is 4.57. The third kappa shape index (κ3) is 4.96.